The highest BCUT2D eigenvalue weighted by atomic mass is 32.1. The van der Waals surface area contributed by atoms with E-state index in [0.717, 1.165) is 24.3 Å². The normalized spacial score (nSPS) is 11.3. The predicted molar refractivity (Wildman–Crippen MR) is 42.1 cm³/mol. The maximum atomic E-state index is 12.0. The van der Waals surface area contributed by atoms with Crippen LogP contribution in [0.2, 0.25) is 0 Å². The number of hydrogen-bond acceptors (Lipinski definition) is 2. The molecule has 0 N–H and O–H groups in total. The molecule has 0 atom stereocenters. The van der Waals surface area contributed by atoms with Crippen LogP contribution in [0.25, 0.3) is 0 Å². The third kappa shape index (κ3) is 2.38. The van der Waals surface area contributed by atoms with Crippen molar-refractivity contribution in [3.8, 4) is 0 Å². The van der Waals surface area contributed by atoms with Gasteiger partial charge in [0.15, 0.2) is 0 Å². The molecule has 0 saturated carbocycles. The molecule has 70 valence electrons. The molecule has 0 fully saturated rings. The molecule has 0 radical (unpaired) electrons. The van der Waals surface area contributed by atoms with E-state index in [1.165, 1.54) is 0 Å². The zero-order valence-electron chi connectivity index (χ0n) is 6.21. The first kappa shape index (κ1) is 9.91. The van der Waals surface area contributed by atoms with Crippen LogP contribution >= 0.6 is 0 Å². The van der Waals surface area contributed by atoms with Gasteiger partial charge in [-0.1, -0.05) is 4.11 Å². The van der Waals surface area contributed by atoms with Crippen LogP contribution in [0.3, 0.4) is 0 Å². The van der Waals surface area contributed by atoms with Gasteiger partial charge in [0.05, 0.1) is 5.56 Å². The van der Waals surface area contributed by atoms with Crippen molar-refractivity contribution in [3.05, 3.63) is 35.0 Å². The van der Waals surface area contributed by atoms with Gasteiger partial charge in [-0.25, -0.2) is 0 Å². The smallest absolute Gasteiger partial charge is 0.416 e. The summed E-state index contributed by atoms with van der Waals surface area (Å²) in [5.41, 5.74) is -0.781. The van der Waals surface area contributed by atoms with Gasteiger partial charge in [0.25, 0.3) is 12.4 Å². The number of halogens is 3. The summed E-state index contributed by atoms with van der Waals surface area (Å²) < 4.78 is 36.1. The van der Waals surface area contributed by atoms with Crippen LogP contribution in [0.15, 0.2) is 24.3 Å². The van der Waals surface area contributed by atoms with Crippen LogP contribution in [0.5, 0.6) is 0 Å². The van der Waals surface area contributed by atoms with Crippen LogP contribution in [-0.2, 0) is 18.6 Å². The zero-order valence-corrected chi connectivity index (χ0v) is 7.02. The van der Waals surface area contributed by atoms with Gasteiger partial charge >= 0.3 is 6.18 Å². The van der Waals surface area contributed by atoms with Crippen LogP contribution in [0.4, 0.5) is 18.9 Å². The SMILES string of the molecule is [O-][N+](=S)c1ccc(C(F)(F)F)cc1. The third-order valence-electron chi connectivity index (χ3n) is 1.41. The fourth-order valence-corrected chi connectivity index (χ4v) is 0.894. The van der Waals surface area contributed by atoms with Crippen molar-refractivity contribution in [2.75, 3.05) is 0 Å². The van der Waals surface area contributed by atoms with Gasteiger partial charge in [-0.15, -0.1) is 0 Å². The molecule has 0 aliphatic carbocycles. The van der Waals surface area contributed by atoms with E-state index in [1.54, 1.807) is 0 Å². The van der Waals surface area contributed by atoms with Gasteiger partial charge in [0, 0.05) is 12.1 Å². The first-order valence-corrected chi connectivity index (χ1v) is 3.59. The molecule has 1 aromatic rings. The van der Waals surface area contributed by atoms with Gasteiger partial charge in [-0.05, 0) is 12.1 Å². The molecule has 0 aromatic heterocycles. The van der Waals surface area contributed by atoms with Crippen molar-refractivity contribution in [2.24, 2.45) is 0 Å². The van der Waals surface area contributed by atoms with Crippen LogP contribution in [-0.4, -0.2) is 4.11 Å². The average Bonchev–Trinajstić information content (AvgIpc) is 2.03. The Morgan fingerprint density at radius 2 is 1.62 bits per heavy atom. The largest absolute Gasteiger partial charge is 0.605 e. The average molecular weight is 207 g/mol. The molecule has 0 spiro atoms. The molecule has 1 aromatic carbocycles. The van der Waals surface area contributed by atoms with Gasteiger partial charge in [0.1, 0.15) is 0 Å². The minimum Gasteiger partial charge on any atom is -0.605 e. The molecule has 0 heterocycles. The van der Waals surface area contributed by atoms with E-state index in [0.29, 0.717) is 0 Å². The van der Waals surface area contributed by atoms with Crippen molar-refractivity contribution in [1.82, 2.24) is 0 Å². The number of alkyl halides is 3. The number of nitrogens with zero attached hydrogens (tertiary/aromatic N) is 1. The Morgan fingerprint density at radius 3 is 1.92 bits per heavy atom. The Morgan fingerprint density at radius 1 is 1.15 bits per heavy atom. The summed E-state index contributed by atoms with van der Waals surface area (Å²) in [6.07, 6.45) is -4.38. The van der Waals surface area contributed by atoms with E-state index in [9.17, 15) is 18.4 Å². The lowest BCUT2D eigenvalue weighted by Gasteiger charge is -2.05. The van der Waals surface area contributed by atoms with Gasteiger partial charge in [-0.2, -0.15) is 13.2 Å². The lowest BCUT2D eigenvalue weighted by molar-refractivity contribution is -0.325. The Kier molecular flexibility index (Phi) is 2.51. The highest BCUT2D eigenvalue weighted by Gasteiger charge is 2.30. The minimum atomic E-state index is -4.38. The highest BCUT2D eigenvalue weighted by Crippen LogP contribution is 2.29. The number of benzene rings is 1. The molecular formula is C7H4F3NOS. The van der Waals surface area contributed by atoms with E-state index < -0.39 is 11.7 Å². The van der Waals surface area contributed by atoms with E-state index in [-0.39, 0.29) is 9.80 Å². The second kappa shape index (κ2) is 3.29. The summed E-state index contributed by atoms with van der Waals surface area (Å²) in [6, 6.07) is 3.69. The van der Waals surface area contributed by atoms with Crippen LogP contribution < -0.4 is 0 Å². The first-order valence-electron chi connectivity index (χ1n) is 3.23. The molecule has 13 heavy (non-hydrogen) atoms. The van der Waals surface area contributed by atoms with E-state index in [4.69, 9.17) is 0 Å². The predicted octanol–water partition coefficient (Wildman–Crippen LogP) is 2.58. The number of hydrogen-bond donors (Lipinski definition) is 0. The first-order chi connectivity index (χ1) is 5.91. The standard InChI is InChI=1S/C7H4F3NOS/c8-7(9,10)5-1-3-6(4-2-5)11(12)13/h1-4H. The summed E-state index contributed by atoms with van der Waals surface area (Å²) in [5, 5.41) is 10.5. The molecule has 2 nitrogen and oxygen atoms in total. The van der Waals surface area contributed by atoms with Crippen molar-refractivity contribution in [3.63, 3.8) is 0 Å². The molecule has 0 aliphatic heterocycles. The summed E-state index contributed by atoms with van der Waals surface area (Å²) in [4.78, 5) is 0. The maximum absolute atomic E-state index is 12.0. The summed E-state index contributed by atoms with van der Waals surface area (Å²) in [7, 11) is 0. The van der Waals surface area contributed by atoms with E-state index >= 15 is 0 Å². The minimum absolute atomic E-state index is 0.0167. The summed E-state index contributed by atoms with van der Waals surface area (Å²) in [5.74, 6) is 0. The fraction of sp³-hybridized carbons (Fsp3) is 0.143. The number of rotatable bonds is 1. The molecule has 0 bridgehead atoms. The molecular weight excluding hydrogens is 203 g/mol. The third-order valence-corrected chi connectivity index (χ3v) is 1.62. The van der Waals surface area contributed by atoms with Crippen molar-refractivity contribution < 1.29 is 17.3 Å². The molecule has 0 aliphatic rings. The molecule has 6 heteroatoms. The van der Waals surface area contributed by atoms with Gasteiger partial charge in [0.2, 0.25) is 5.69 Å². The molecule has 0 saturated heterocycles. The molecule has 0 amide bonds. The zero-order chi connectivity index (χ0) is 10.1. The molecule has 1 rings (SSSR count). The van der Waals surface area contributed by atoms with Crippen molar-refractivity contribution >= 4 is 18.1 Å². The highest BCUT2D eigenvalue weighted by molar-refractivity contribution is 7.44. The van der Waals surface area contributed by atoms with Gasteiger partial charge < -0.3 is 5.21 Å². The lowest BCUT2D eigenvalue weighted by Crippen LogP contribution is -2.04. The molecule has 0 unspecified atom stereocenters. The Bertz CT molecular complexity index is 320. The van der Waals surface area contributed by atoms with Crippen LogP contribution in [0.1, 0.15) is 5.56 Å². The topological polar surface area (TPSA) is 26.1 Å². The van der Waals surface area contributed by atoms with Crippen molar-refractivity contribution in [1.29, 1.82) is 0 Å². The van der Waals surface area contributed by atoms with E-state index in [1.807, 2.05) is 0 Å². The van der Waals surface area contributed by atoms with E-state index in [2.05, 4.69) is 12.4 Å². The summed E-state index contributed by atoms with van der Waals surface area (Å²) in [6.45, 7) is 0. The second-order valence-electron chi connectivity index (χ2n) is 2.30. The quantitative estimate of drug-likeness (QED) is 0.522. The second-order valence-corrected chi connectivity index (χ2v) is 2.63. The van der Waals surface area contributed by atoms with Gasteiger partial charge in [-0.3, -0.25) is 0 Å². The Balaban J connectivity index is 3.01. The fourth-order valence-electron chi connectivity index (χ4n) is 0.772. The monoisotopic (exact) mass is 207 g/mol. The van der Waals surface area contributed by atoms with Crippen LogP contribution in [0, 0.1) is 5.21 Å². The lowest BCUT2D eigenvalue weighted by atomic mass is 10.2. The Labute approximate surface area is 77.3 Å². The van der Waals surface area contributed by atoms with Crippen molar-refractivity contribution in [2.45, 2.75) is 6.18 Å². The summed E-state index contributed by atoms with van der Waals surface area (Å²) >= 11 is 4.18. The Hall–Kier alpha value is -1.17. The maximum Gasteiger partial charge on any atom is 0.416 e.